The Hall–Kier alpha value is -0.800. The Labute approximate surface area is 100.0 Å². The minimum absolute atomic E-state index is 0.00378. The molecule has 0 aliphatic heterocycles. The molecule has 0 saturated heterocycles. The van der Waals surface area contributed by atoms with Gasteiger partial charge in [0.1, 0.15) is 9.39 Å². The topological polar surface area (TPSA) is 30.0 Å². The minimum Gasteiger partial charge on any atom is -0.296 e. The summed E-state index contributed by atoms with van der Waals surface area (Å²) in [6.07, 6.45) is -7.94. The first-order valence-electron chi connectivity index (χ1n) is 3.78. The molecule has 1 rings (SSSR count). The number of aromatic nitrogens is 1. The van der Waals surface area contributed by atoms with Gasteiger partial charge in [-0.1, -0.05) is 0 Å². The fraction of sp³-hybridized carbons (Fsp3) is 0.250. The molecule has 0 spiro atoms. The van der Waals surface area contributed by atoms with Gasteiger partial charge in [-0.25, -0.2) is 13.8 Å². The van der Waals surface area contributed by atoms with Crippen LogP contribution in [0.15, 0.2) is 6.07 Å². The van der Waals surface area contributed by atoms with Crippen LogP contribution in [0.2, 0.25) is 0 Å². The van der Waals surface area contributed by atoms with Crippen LogP contribution in [0.25, 0.3) is 0 Å². The van der Waals surface area contributed by atoms with Crippen LogP contribution < -0.4 is 0 Å². The second kappa shape index (κ2) is 4.60. The van der Waals surface area contributed by atoms with Crippen LogP contribution in [0.5, 0.6) is 0 Å². The van der Waals surface area contributed by atoms with E-state index in [9.17, 15) is 26.7 Å². The lowest BCUT2D eigenvalue weighted by atomic mass is 10.1. The molecular weight excluding hydrogens is 348 g/mol. The maximum atomic E-state index is 12.3. The molecule has 1 heterocycles. The Kier molecular flexibility index (Phi) is 3.81. The lowest BCUT2D eigenvalue weighted by molar-refractivity contribution is -0.138. The van der Waals surface area contributed by atoms with Gasteiger partial charge in [0.05, 0.1) is 5.56 Å². The van der Waals surface area contributed by atoms with Gasteiger partial charge in [0.2, 0.25) is 0 Å². The molecule has 88 valence electrons. The number of nitrogens with zero attached hydrogens (tertiary/aromatic N) is 1. The van der Waals surface area contributed by atoms with Gasteiger partial charge in [0.25, 0.3) is 6.43 Å². The van der Waals surface area contributed by atoms with Crippen molar-refractivity contribution in [2.75, 3.05) is 0 Å². The molecule has 8 heteroatoms. The summed E-state index contributed by atoms with van der Waals surface area (Å²) in [6, 6.07) is 0.253. The van der Waals surface area contributed by atoms with E-state index in [0.29, 0.717) is 0 Å². The SMILES string of the molecule is O=Cc1nc(I)c(C(F)(F)F)cc1C(F)F. The average Bonchev–Trinajstić information content (AvgIpc) is 2.14. The zero-order valence-electron chi connectivity index (χ0n) is 7.36. The molecule has 2 nitrogen and oxygen atoms in total. The maximum Gasteiger partial charge on any atom is 0.418 e. The van der Waals surface area contributed by atoms with Gasteiger partial charge in [-0.2, -0.15) is 13.2 Å². The Bertz CT molecular complexity index is 418. The third-order valence-corrected chi connectivity index (χ3v) is 2.51. The summed E-state index contributed by atoms with van der Waals surface area (Å²) >= 11 is 1.24. The van der Waals surface area contributed by atoms with Crippen molar-refractivity contribution in [3.8, 4) is 0 Å². The molecule has 0 aliphatic carbocycles. The molecule has 0 bridgehead atoms. The van der Waals surface area contributed by atoms with E-state index in [0.717, 1.165) is 0 Å². The molecule has 0 aliphatic rings. The van der Waals surface area contributed by atoms with Gasteiger partial charge in [-0.05, 0) is 28.7 Å². The van der Waals surface area contributed by atoms with E-state index in [2.05, 4.69) is 4.98 Å². The van der Waals surface area contributed by atoms with Crippen LogP contribution in [0.4, 0.5) is 22.0 Å². The molecule has 1 aromatic rings. The summed E-state index contributed by atoms with van der Waals surface area (Å²) in [5.74, 6) is 0. The second-order valence-corrected chi connectivity index (χ2v) is 3.74. The molecule has 0 N–H and O–H groups in total. The van der Waals surface area contributed by atoms with Crippen molar-refractivity contribution in [3.63, 3.8) is 0 Å². The highest BCUT2D eigenvalue weighted by molar-refractivity contribution is 14.1. The smallest absolute Gasteiger partial charge is 0.296 e. The monoisotopic (exact) mass is 351 g/mol. The Morgan fingerprint density at radius 3 is 2.31 bits per heavy atom. The van der Waals surface area contributed by atoms with Crippen molar-refractivity contribution >= 4 is 28.9 Å². The predicted molar refractivity (Wildman–Crippen MR) is 52.3 cm³/mol. The first-order chi connectivity index (χ1) is 7.27. The van der Waals surface area contributed by atoms with Gasteiger partial charge in [0.15, 0.2) is 6.29 Å². The van der Waals surface area contributed by atoms with E-state index >= 15 is 0 Å². The highest BCUT2D eigenvalue weighted by Gasteiger charge is 2.35. The highest BCUT2D eigenvalue weighted by atomic mass is 127. The summed E-state index contributed by atoms with van der Waals surface area (Å²) in [5, 5.41) is 0. The highest BCUT2D eigenvalue weighted by Crippen LogP contribution is 2.35. The van der Waals surface area contributed by atoms with Crippen LogP contribution in [-0.4, -0.2) is 11.3 Å². The summed E-state index contributed by atoms with van der Waals surface area (Å²) < 4.78 is 61.2. The van der Waals surface area contributed by atoms with Crippen LogP contribution in [-0.2, 0) is 6.18 Å². The third kappa shape index (κ3) is 2.66. The summed E-state index contributed by atoms with van der Waals surface area (Å²) in [7, 11) is 0. The Balaban J connectivity index is 3.45. The fourth-order valence-corrected chi connectivity index (χ4v) is 1.71. The van der Waals surface area contributed by atoms with Crippen LogP contribution in [0.1, 0.15) is 28.0 Å². The van der Waals surface area contributed by atoms with E-state index < -0.39 is 33.1 Å². The molecule has 0 fully saturated rings. The molecule has 0 radical (unpaired) electrons. The molecule has 1 aromatic heterocycles. The van der Waals surface area contributed by atoms with Crippen molar-refractivity contribution in [2.24, 2.45) is 0 Å². The van der Waals surface area contributed by atoms with E-state index in [1.807, 2.05) is 0 Å². The van der Waals surface area contributed by atoms with Crippen molar-refractivity contribution in [2.45, 2.75) is 12.6 Å². The molecule has 0 saturated carbocycles. The zero-order chi connectivity index (χ0) is 12.5. The Morgan fingerprint density at radius 1 is 1.38 bits per heavy atom. The minimum atomic E-state index is -4.77. The number of alkyl halides is 5. The van der Waals surface area contributed by atoms with E-state index in [-0.39, 0.29) is 12.4 Å². The van der Waals surface area contributed by atoms with Crippen molar-refractivity contribution < 1.29 is 26.7 Å². The number of aldehydes is 1. The summed E-state index contributed by atoms with van der Waals surface area (Å²) in [4.78, 5) is 13.6. The van der Waals surface area contributed by atoms with Crippen molar-refractivity contribution in [3.05, 3.63) is 26.6 Å². The van der Waals surface area contributed by atoms with E-state index in [4.69, 9.17) is 0 Å². The third-order valence-electron chi connectivity index (χ3n) is 1.69. The van der Waals surface area contributed by atoms with Crippen LogP contribution in [0.3, 0.4) is 0 Å². The lowest BCUT2D eigenvalue weighted by Gasteiger charge is -2.11. The van der Waals surface area contributed by atoms with Crippen molar-refractivity contribution in [1.29, 1.82) is 0 Å². The number of carbonyl (C=O) groups is 1. The summed E-state index contributed by atoms with van der Waals surface area (Å²) in [5.41, 5.74) is -2.95. The quantitative estimate of drug-likeness (QED) is 0.354. The largest absolute Gasteiger partial charge is 0.418 e. The number of halogens is 6. The van der Waals surface area contributed by atoms with Gasteiger partial charge < -0.3 is 0 Å². The first kappa shape index (κ1) is 13.3. The standard InChI is InChI=1S/C8H3F5INO/c9-6(10)3-1-4(8(11,12)13)7(14)15-5(3)2-16/h1-2,6H. The average molecular weight is 351 g/mol. The van der Waals surface area contributed by atoms with Gasteiger partial charge in [-0.15, -0.1) is 0 Å². The van der Waals surface area contributed by atoms with E-state index in [1.54, 1.807) is 0 Å². The number of hydrogen-bond acceptors (Lipinski definition) is 2. The van der Waals surface area contributed by atoms with Gasteiger partial charge in [0, 0.05) is 5.56 Å². The Morgan fingerprint density at radius 2 is 1.94 bits per heavy atom. The number of rotatable bonds is 2. The molecule has 16 heavy (non-hydrogen) atoms. The summed E-state index contributed by atoms with van der Waals surface area (Å²) in [6.45, 7) is 0. The van der Waals surface area contributed by atoms with Gasteiger partial charge >= 0.3 is 6.18 Å². The normalized spacial score (nSPS) is 11.9. The number of pyridine rings is 1. The van der Waals surface area contributed by atoms with Gasteiger partial charge in [-0.3, -0.25) is 4.79 Å². The van der Waals surface area contributed by atoms with Crippen LogP contribution >= 0.6 is 22.6 Å². The molecule has 0 atom stereocenters. The number of carbonyl (C=O) groups excluding carboxylic acids is 1. The predicted octanol–water partition coefficient (Wildman–Crippen LogP) is 3.46. The zero-order valence-corrected chi connectivity index (χ0v) is 9.51. The fourth-order valence-electron chi connectivity index (χ4n) is 0.987. The molecule has 0 amide bonds. The molecule has 0 aromatic carbocycles. The maximum absolute atomic E-state index is 12.3. The first-order valence-corrected chi connectivity index (χ1v) is 4.86. The van der Waals surface area contributed by atoms with Crippen LogP contribution in [0, 0.1) is 3.70 Å². The lowest BCUT2D eigenvalue weighted by Crippen LogP contribution is -2.12. The van der Waals surface area contributed by atoms with E-state index in [1.165, 1.54) is 22.6 Å². The number of hydrogen-bond donors (Lipinski definition) is 0. The second-order valence-electron chi connectivity index (χ2n) is 2.72. The molecular formula is C8H3F5INO. The molecule has 0 unspecified atom stereocenters. The van der Waals surface area contributed by atoms with Crippen molar-refractivity contribution in [1.82, 2.24) is 4.98 Å².